The van der Waals surface area contributed by atoms with Gasteiger partial charge >= 0.3 is 5.97 Å². The smallest absolute Gasteiger partial charge is 0.337 e. The Morgan fingerprint density at radius 2 is 1.58 bits per heavy atom. The maximum Gasteiger partial charge on any atom is 0.337 e. The Bertz CT molecular complexity index is 1240. The van der Waals surface area contributed by atoms with Crippen LogP contribution in [0.25, 0.3) is 0 Å². The fraction of sp³-hybridized carbons (Fsp3) is 0.208. The molecule has 0 amide bonds. The zero-order valence-electron chi connectivity index (χ0n) is 18.7. The van der Waals surface area contributed by atoms with Crippen molar-refractivity contribution in [1.29, 1.82) is 0 Å². The van der Waals surface area contributed by atoms with Gasteiger partial charge in [0.25, 0.3) is 0 Å². The van der Waals surface area contributed by atoms with Crippen LogP contribution in [0.3, 0.4) is 0 Å². The molecule has 3 rings (SSSR count). The summed E-state index contributed by atoms with van der Waals surface area (Å²) in [6, 6.07) is 14.5. The number of aryl methyl sites for hydroxylation is 1. The van der Waals surface area contributed by atoms with E-state index in [0.29, 0.717) is 16.9 Å². The Morgan fingerprint density at radius 3 is 2.12 bits per heavy atom. The minimum absolute atomic E-state index is 0.0660. The van der Waals surface area contributed by atoms with Crippen LogP contribution >= 0.6 is 0 Å². The van der Waals surface area contributed by atoms with E-state index in [4.69, 9.17) is 14.2 Å². The minimum atomic E-state index is -4.00. The molecule has 0 aliphatic carbocycles. The summed E-state index contributed by atoms with van der Waals surface area (Å²) < 4.78 is 44.4. The lowest BCUT2D eigenvalue weighted by atomic mass is 9.96. The number of sulfonamides is 1. The molecule has 2 N–H and O–H groups in total. The van der Waals surface area contributed by atoms with E-state index in [9.17, 15) is 18.3 Å². The number of rotatable bonds is 8. The van der Waals surface area contributed by atoms with Crippen molar-refractivity contribution in [3.05, 3.63) is 82.9 Å². The van der Waals surface area contributed by atoms with E-state index in [1.54, 1.807) is 30.3 Å². The molecular formula is C24H25NO7S. The number of esters is 1. The Hall–Kier alpha value is -3.56. The summed E-state index contributed by atoms with van der Waals surface area (Å²) in [4.78, 5) is 11.9. The highest BCUT2D eigenvalue weighted by Crippen LogP contribution is 2.41. The number of methoxy groups -OCH3 is 3. The van der Waals surface area contributed by atoms with Crippen molar-refractivity contribution >= 4 is 16.0 Å². The van der Waals surface area contributed by atoms with Gasteiger partial charge in [0.15, 0.2) is 0 Å². The normalized spacial score (nSPS) is 12.1. The molecule has 0 bridgehead atoms. The zero-order chi connectivity index (χ0) is 24.2. The van der Waals surface area contributed by atoms with Crippen molar-refractivity contribution in [1.82, 2.24) is 4.72 Å². The summed E-state index contributed by atoms with van der Waals surface area (Å²) in [5.41, 5.74) is 1.88. The Morgan fingerprint density at radius 1 is 0.939 bits per heavy atom. The number of phenolic OH excluding ortho intramolecular Hbond substituents is 1. The third-order valence-electron chi connectivity index (χ3n) is 5.11. The van der Waals surface area contributed by atoms with Gasteiger partial charge in [0.1, 0.15) is 17.2 Å². The lowest BCUT2D eigenvalue weighted by Gasteiger charge is -2.23. The van der Waals surface area contributed by atoms with Crippen LogP contribution in [0.1, 0.15) is 33.1 Å². The highest BCUT2D eigenvalue weighted by molar-refractivity contribution is 7.89. The number of hydrogen-bond acceptors (Lipinski definition) is 7. The van der Waals surface area contributed by atoms with Gasteiger partial charge in [-0.15, -0.1) is 0 Å². The lowest BCUT2D eigenvalue weighted by Crippen LogP contribution is -2.30. The maximum atomic E-state index is 13.2. The number of carbonyl (C=O) groups excluding carboxylic acids is 1. The summed E-state index contributed by atoms with van der Waals surface area (Å²) in [6.07, 6.45) is 0. The SMILES string of the molecule is COC(=O)c1ccc([C@H](NS(=O)(=O)c2ccc(C)cc2)c2c(O)cc(OC)cc2OC)cc1. The monoisotopic (exact) mass is 471 g/mol. The summed E-state index contributed by atoms with van der Waals surface area (Å²) >= 11 is 0. The second-order valence-corrected chi connectivity index (χ2v) is 8.96. The standard InChI is InChI=1S/C24H25NO7S/c1-15-5-11-19(12-6-15)33(28,29)25-23(16-7-9-17(10-8-16)24(27)32-4)22-20(26)13-18(30-2)14-21(22)31-3/h5-14,23,25-26H,1-4H3/t23-/m0/s1. The largest absolute Gasteiger partial charge is 0.507 e. The van der Waals surface area contributed by atoms with Gasteiger partial charge < -0.3 is 19.3 Å². The molecule has 1 atom stereocenters. The van der Waals surface area contributed by atoms with Crippen molar-refractivity contribution in [3.8, 4) is 17.2 Å². The molecule has 8 nitrogen and oxygen atoms in total. The van der Waals surface area contributed by atoms with Crippen LogP contribution in [0.2, 0.25) is 0 Å². The highest BCUT2D eigenvalue weighted by atomic mass is 32.2. The van der Waals surface area contributed by atoms with Crippen LogP contribution in [0.15, 0.2) is 65.6 Å². The first kappa shape index (κ1) is 24.1. The molecule has 0 aromatic heterocycles. The fourth-order valence-corrected chi connectivity index (χ4v) is 4.52. The molecule has 0 fully saturated rings. The van der Waals surface area contributed by atoms with Crippen molar-refractivity contribution in [2.45, 2.75) is 17.9 Å². The van der Waals surface area contributed by atoms with E-state index >= 15 is 0 Å². The van der Waals surface area contributed by atoms with Gasteiger partial charge in [0.05, 0.1) is 43.4 Å². The van der Waals surface area contributed by atoms with Crippen LogP contribution in [0.5, 0.6) is 17.2 Å². The average molecular weight is 472 g/mol. The van der Waals surface area contributed by atoms with E-state index in [0.717, 1.165) is 5.56 Å². The van der Waals surface area contributed by atoms with Gasteiger partial charge in [0.2, 0.25) is 10.0 Å². The molecule has 0 unspecified atom stereocenters. The van der Waals surface area contributed by atoms with Crippen LogP contribution in [0.4, 0.5) is 0 Å². The minimum Gasteiger partial charge on any atom is -0.507 e. The third-order valence-corrected chi connectivity index (χ3v) is 6.55. The maximum absolute atomic E-state index is 13.2. The van der Waals surface area contributed by atoms with Gasteiger partial charge in [-0.25, -0.2) is 13.2 Å². The van der Waals surface area contributed by atoms with Gasteiger partial charge in [-0.1, -0.05) is 29.8 Å². The quantitative estimate of drug-likeness (QED) is 0.483. The second-order valence-electron chi connectivity index (χ2n) is 7.24. The van der Waals surface area contributed by atoms with Crippen LogP contribution in [-0.2, 0) is 14.8 Å². The second kappa shape index (κ2) is 9.93. The molecule has 0 spiro atoms. The Kier molecular flexibility index (Phi) is 7.25. The zero-order valence-corrected chi connectivity index (χ0v) is 19.5. The molecule has 9 heteroatoms. The Labute approximate surface area is 192 Å². The van der Waals surface area contributed by atoms with E-state index in [-0.39, 0.29) is 22.0 Å². The number of phenols is 1. The van der Waals surface area contributed by atoms with Gasteiger partial charge in [-0.3, -0.25) is 0 Å². The summed E-state index contributed by atoms with van der Waals surface area (Å²) in [6.45, 7) is 1.86. The van der Waals surface area contributed by atoms with E-state index in [1.807, 2.05) is 6.92 Å². The molecule has 3 aromatic rings. The molecule has 0 aliphatic rings. The van der Waals surface area contributed by atoms with Gasteiger partial charge in [0, 0.05) is 12.1 Å². The molecule has 0 radical (unpaired) electrons. The molecule has 174 valence electrons. The van der Waals surface area contributed by atoms with Crippen LogP contribution in [0, 0.1) is 6.92 Å². The summed E-state index contributed by atoms with van der Waals surface area (Å²) in [7, 11) is 0.120. The van der Waals surface area contributed by atoms with Crippen molar-refractivity contribution in [2.75, 3.05) is 21.3 Å². The molecule has 0 saturated heterocycles. The molecular weight excluding hydrogens is 446 g/mol. The first-order chi connectivity index (χ1) is 15.7. The number of nitrogens with one attached hydrogen (secondary N) is 1. The third kappa shape index (κ3) is 5.27. The lowest BCUT2D eigenvalue weighted by molar-refractivity contribution is 0.0600. The van der Waals surface area contributed by atoms with Crippen molar-refractivity contribution in [2.24, 2.45) is 0 Å². The number of benzene rings is 3. The first-order valence-corrected chi connectivity index (χ1v) is 11.4. The number of aromatic hydroxyl groups is 1. The number of ether oxygens (including phenoxy) is 3. The van der Waals surface area contributed by atoms with Crippen LogP contribution in [-0.4, -0.2) is 40.8 Å². The fourth-order valence-electron chi connectivity index (χ4n) is 3.33. The highest BCUT2D eigenvalue weighted by Gasteiger charge is 2.29. The number of carbonyl (C=O) groups is 1. The van der Waals surface area contributed by atoms with E-state index in [1.165, 1.54) is 51.7 Å². The molecule has 0 heterocycles. The van der Waals surface area contributed by atoms with Crippen molar-refractivity contribution < 1.29 is 32.5 Å². The molecule has 33 heavy (non-hydrogen) atoms. The molecule has 3 aromatic carbocycles. The molecule has 0 aliphatic heterocycles. The predicted molar refractivity (Wildman–Crippen MR) is 122 cm³/mol. The van der Waals surface area contributed by atoms with Gasteiger partial charge in [-0.2, -0.15) is 4.72 Å². The topological polar surface area (TPSA) is 111 Å². The summed E-state index contributed by atoms with van der Waals surface area (Å²) in [5.74, 6) is -0.183. The summed E-state index contributed by atoms with van der Waals surface area (Å²) in [5, 5.41) is 10.8. The molecule has 0 saturated carbocycles. The van der Waals surface area contributed by atoms with Crippen molar-refractivity contribution in [3.63, 3.8) is 0 Å². The Balaban J connectivity index is 2.15. The van der Waals surface area contributed by atoms with E-state index in [2.05, 4.69) is 4.72 Å². The number of hydrogen-bond donors (Lipinski definition) is 2. The predicted octanol–water partition coefficient (Wildman–Crippen LogP) is 3.57. The average Bonchev–Trinajstić information content (AvgIpc) is 2.82. The van der Waals surface area contributed by atoms with Gasteiger partial charge in [-0.05, 0) is 36.8 Å². The van der Waals surface area contributed by atoms with E-state index < -0.39 is 22.0 Å². The first-order valence-electron chi connectivity index (χ1n) is 9.92. The van der Waals surface area contributed by atoms with Crippen LogP contribution < -0.4 is 14.2 Å².